The third-order valence-electron chi connectivity index (χ3n) is 3.34. The van der Waals surface area contributed by atoms with Crippen molar-refractivity contribution in [1.82, 2.24) is 5.32 Å². The van der Waals surface area contributed by atoms with Crippen LogP contribution >= 0.6 is 11.3 Å². The van der Waals surface area contributed by atoms with E-state index in [1.54, 1.807) is 11.3 Å². The van der Waals surface area contributed by atoms with Crippen molar-refractivity contribution in [2.45, 2.75) is 32.9 Å². The molecule has 0 amide bonds. The van der Waals surface area contributed by atoms with E-state index in [0.29, 0.717) is 13.2 Å². The van der Waals surface area contributed by atoms with Crippen LogP contribution in [0.25, 0.3) is 0 Å². The lowest BCUT2D eigenvalue weighted by Crippen LogP contribution is -2.30. The first-order valence-corrected chi connectivity index (χ1v) is 8.14. The Hall–Kier alpha value is -1.65. The number of rotatable bonds is 7. The Balaban J connectivity index is 2.11. The van der Waals surface area contributed by atoms with Gasteiger partial charge in [0, 0.05) is 11.4 Å². The summed E-state index contributed by atoms with van der Waals surface area (Å²) in [6.45, 7) is 5.04. The quantitative estimate of drug-likeness (QED) is 0.793. The van der Waals surface area contributed by atoms with Gasteiger partial charge in [-0.3, -0.25) is 5.32 Å². The van der Waals surface area contributed by atoms with E-state index in [2.05, 4.69) is 23.7 Å². The normalized spacial score (nSPS) is 12.1. The summed E-state index contributed by atoms with van der Waals surface area (Å²) >= 11 is 1.72. The Morgan fingerprint density at radius 1 is 1.24 bits per heavy atom. The van der Waals surface area contributed by atoms with Gasteiger partial charge in [0.05, 0.1) is 6.61 Å². The largest absolute Gasteiger partial charge is 0.465 e. The molecule has 112 valence electrons. The molecule has 1 aromatic carbocycles. The number of benzene rings is 1. The molecule has 0 radical (unpaired) electrons. The molecule has 3 nitrogen and oxygen atoms in total. The fourth-order valence-electron chi connectivity index (χ4n) is 2.24. The SMILES string of the molecule is CCOC(=O)C(NCc1sccc1CC)c1ccccc1. The zero-order chi connectivity index (χ0) is 15.1. The molecule has 0 spiro atoms. The number of hydrogen-bond donors (Lipinski definition) is 1. The fourth-order valence-corrected chi connectivity index (χ4v) is 3.17. The van der Waals surface area contributed by atoms with Gasteiger partial charge in [-0.1, -0.05) is 37.3 Å². The molecular weight excluding hydrogens is 282 g/mol. The predicted molar refractivity (Wildman–Crippen MR) is 86.4 cm³/mol. The van der Waals surface area contributed by atoms with Crippen LogP contribution in [0.3, 0.4) is 0 Å². The van der Waals surface area contributed by atoms with E-state index < -0.39 is 6.04 Å². The zero-order valence-corrected chi connectivity index (χ0v) is 13.3. The molecule has 0 aliphatic rings. The molecule has 2 aromatic rings. The maximum absolute atomic E-state index is 12.2. The summed E-state index contributed by atoms with van der Waals surface area (Å²) in [7, 11) is 0. The molecule has 1 heterocycles. The summed E-state index contributed by atoms with van der Waals surface area (Å²) in [6, 6.07) is 11.4. The van der Waals surface area contributed by atoms with Gasteiger partial charge in [-0.15, -0.1) is 11.3 Å². The van der Waals surface area contributed by atoms with Crippen LogP contribution in [-0.4, -0.2) is 12.6 Å². The molecule has 2 rings (SSSR count). The number of carbonyl (C=O) groups excluding carboxylic acids is 1. The molecule has 4 heteroatoms. The second-order valence-electron chi connectivity index (χ2n) is 4.70. The second kappa shape index (κ2) is 7.96. The van der Waals surface area contributed by atoms with Gasteiger partial charge in [0.25, 0.3) is 0 Å². The summed E-state index contributed by atoms with van der Waals surface area (Å²) in [5.41, 5.74) is 2.27. The molecule has 0 saturated heterocycles. The van der Waals surface area contributed by atoms with E-state index in [1.807, 2.05) is 37.3 Å². The minimum Gasteiger partial charge on any atom is -0.465 e. The van der Waals surface area contributed by atoms with E-state index >= 15 is 0 Å². The Labute approximate surface area is 130 Å². The molecule has 0 bridgehead atoms. The number of ether oxygens (including phenoxy) is 1. The number of esters is 1. The average molecular weight is 303 g/mol. The van der Waals surface area contributed by atoms with Gasteiger partial charge in [0.1, 0.15) is 6.04 Å². The van der Waals surface area contributed by atoms with E-state index in [-0.39, 0.29) is 5.97 Å². The fraction of sp³-hybridized carbons (Fsp3) is 0.353. The van der Waals surface area contributed by atoms with Crippen LogP contribution < -0.4 is 5.32 Å². The molecule has 1 N–H and O–H groups in total. The van der Waals surface area contributed by atoms with Crippen LogP contribution in [0.1, 0.15) is 35.9 Å². The van der Waals surface area contributed by atoms with Crippen molar-refractivity contribution in [2.24, 2.45) is 0 Å². The van der Waals surface area contributed by atoms with Gasteiger partial charge >= 0.3 is 5.97 Å². The number of aryl methyl sites for hydroxylation is 1. The minimum atomic E-state index is -0.419. The Kier molecular flexibility index (Phi) is 5.96. The van der Waals surface area contributed by atoms with E-state index in [0.717, 1.165) is 12.0 Å². The van der Waals surface area contributed by atoms with Gasteiger partial charge in [0.2, 0.25) is 0 Å². The topological polar surface area (TPSA) is 38.3 Å². The van der Waals surface area contributed by atoms with Crippen molar-refractivity contribution in [3.8, 4) is 0 Å². The van der Waals surface area contributed by atoms with Gasteiger partial charge in [-0.25, -0.2) is 4.79 Å². The highest BCUT2D eigenvalue weighted by Gasteiger charge is 2.21. The lowest BCUT2D eigenvalue weighted by atomic mass is 10.1. The highest BCUT2D eigenvalue weighted by molar-refractivity contribution is 7.10. The van der Waals surface area contributed by atoms with Crippen molar-refractivity contribution in [1.29, 1.82) is 0 Å². The van der Waals surface area contributed by atoms with Crippen LogP contribution in [0.4, 0.5) is 0 Å². The van der Waals surface area contributed by atoms with Crippen LogP contribution in [0.15, 0.2) is 41.8 Å². The molecule has 1 atom stereocenters. The van der Waals surface area contributed by atoms with E-state index in [4.69, 9.17) is 4.74 Å². The monoisotopic (exact) mass is 303 g/mol. The van der Waals surface area contributed by atoms with Gasteiger partial charge in [-0.05, 0) is 35.9 Å². The highest BCUT2D eigenvalue weighted by atomic mass is 32.1. The lowest BCUT2D eigenvalue weighted by Gasteiger charge is -2.17. The molecule has 0 saturated carbocycles. The van der Waals surface area contributed by atoms with Gasteiger partial charge in [-0.2, -0.15) is 0 Å². The Bertz CT molecular complexity index is 565. The first kappa shape index (κ1) is 15.7. The van der Waals surface area contributed by atoms with Crippen molar-refractivity contribution in [2.75, 3.05) is 6.61 Å². The van der Waals surface area contributed by atoms with Crippen LogP contribution in [-0.2, 0) is 22.5 Å². The van der Waals surface area contributed by atoms with E-state index in [9.17, 15) is 4.79 Å². The zero-order valence-electron chi connectivity index (χ0n) is 12.5. The van der Waals surface area contributed by atoms with Gasteiger partial charge < -0.3 is 4.74 Å². The van der Waals surface area contributed by atoms with Crippen LogP contribution in [0.2, 0.25) is 0 Å². The average Bonchev–Trinajstić information content (AvgIpc) is 2.96. The molecule has 0 fully saturated rings. The maximum Gasteiger partial charge on any atom is 0.327 e. The molecule has 0 aliphatic carbocycles. The second-order valence-corrected chi connectivity index (χ2v) is 5.70. The third kappa shape index (κ3) is 4.16. The first-order valence-electron chi connectivity index (χ1n) is 7.26. The number of nitrogens with one attached hydrogen (secondary N) is 1. The summed E-state index contributed by atoms with van der Waals surface area (Å²) in [6.07, 6.45) is 1.01. The summed E-state index contributed by atoms with van der Waals surface area (Å²) < 4.78 is 5.19. The lowest BCUT2D eigenvalue weighted by molar-refractivity contribution is -0.145. The molecule has 1 aromatic heterocycles. The van der Waals surface area contributed by atoms with Crippen molar-refractivity contribution >= 4 is 17.3 Å². The standard InChI is InChI=1S/C17H21NO2S/c1-3-13-10-11-21-15(13)12-18-16(17(19)20-4-2)14-8-6-5-7-9-14/h5-11,16,18H,3-4,12H2,1-2H3. The van der Waals surface area contributed by atoms with Gasteiger partial charge in [0.15, 0.2) is 0 Å². The van der Waals surface area contributed by atoms with Crippen molar-refractivity contribution < 1.29 is 9.53 Å². The van der Waals surface area contributed by atoms with Crippen molar-refractivity contribution in [3.05, 3.63) is 57.8 Å². The van der Waals surface area contributed by atoms with E-state index in [1.165, 1.54) is 10.4 Å². The number of hydrogen-bond acceptors (Lipinski definition) is 4. The Morgan fingerprint density at radius 2 is 2.00 bits per heavy atom. The molecular formula is C17H21NO2S. The predicted octanol–water partition coefficient (Wildman–Crippen LogP) is 3.70. The summed E-state index contributed by atoms with van der Waals surface area (Å²) in [5, 5.41) is 5.43. The Morgan fingerprint density at radius 3 is 2.67 bits per heavy atom. The number of carbonyl (C=O) groups is 1. The maximum atomic E-state index is 12.2. The summed E-state index contributed by atoms with van der Waals surface area (Å²) in [4.78, 5) is 13.5. The number of thiophene rings is 1. The highest BCUT2D eigenvalue weighted by Crippen LogP contribution is 2.20. The smallest absolute Gasteiger partial charge is 0.327 e. The van der Waals surface area contributed by atoms with Crippen LogP contribution in [0, 0.1) is 0 Å². The molecule has 1 unspecified atom stereocenters. The first-order chi connectivity index (χ1) is 10.3. The molecule has 21 heavy (non-hydrogen) atoms. The van der Waals surface area contributed by atoms with Crippen molar-refractivity contribution in [3.63, 3.8) is 0 Å². The third-order valence-corrected chi connectivity index (χ3v) is 4.30. The summed E-state index contributed by atoms with van der Waals surface area (Å²) in [5.74, 6) is -0.224. The minimum absolute atomic E-state index is 0.224. The molecule has 0 aliphatic heterocycles. The van der Waals surface area contributed by atoms with Crippen LogP contribution in [0.5, 0.6) is 0 Å².